The van der Waals surface area contributed by atoms with E-state index < -0.39 is 0 Å². The van der Waals surface area contributed by atoms with E-state index in [0.29, 0.717) is 37.2 Å². The van der Waals surface area contributed by atoms with Crippen molar-refractivity contribution in [1.82, 2.24) is 0 Å². The summed E-state index contributed by atoms with van der Waals surface area (Å²) in [6.07, 6.45) is 4.13. The first kappa shape index (κ1) is 22.9. The van der Waals surface area contributed by atoms with Crippen LogP contribution in [0.2, 0.25) is 5.02 Å². The molecule has 1 atom stereocenters. The van der Waals surface area contributed by atoms with Crippen LogP contribution in [0.5, 0.6) is 0 Å². The number of allylic oxidation sites excluding steroid dienone is 2. The highest BCUT2D eigenvalue weighted by Gasteiger charge is 2.37. The van der Waals surface area contributed by atoms with E-state index in [1.807, 2.05) is 13.8 Å². The van der Waals surface area contributed by atoms with E-state index in [2.05, 4.69) is 32.9 Å². The molecule has 0 spiro atoms. The lowest BCUT2D eigenvalue weighted by Gasteiger charge is -2.28. The molecule has 0 aromatic heterocycles. The standard InChI is InChI=1S/C25H34ClNO3/c1-7-9-19(27-30-8-2)23-20(28)10-16(11-21(23)29)22-15(4)14(3)17-12-25(5,6)13-18(17)24(22)26/h16,28H,7-13H2,1-6H3/b27-19+. The molecule has 4 nitrogen and oxygen atoms in total. The molecule has 0 aliphatic heterocycles. The molecule has 0 radical (unpaired) electrons. The lowest BCUT2D eigenvalue weighted by molar-refractivity contribution is -0.116. The molecule has 2 aliphatic rings. The van der Waals surface area contributed by atoms with Gasteiger partial charge in [-0.2, -0.15) is 0 Å². The molecule has 164 valence electrons. The Bertz CT molecular complexity index is 927. The molecule has 0 saturated heterocycles. The fourth-order valence-corrected chi connectivity index (χ4v) is 5.54. The number of hydrogen-bond acceptors (Lipinski definition) is 4. The number of hydrogen-bond donors (Lipinski definition) is 1. The summed E-state index contributed by atoms with van der Waals surface area (Å²) in [5.41, 5.74) is 7.15. The summed E-state index contributed by atoms with van der Waals surface area (Å²) in [6, 6.07) is 0. The van der Waals surface area contributed by atoms with Gasteiger partial charge in [0.2, 0.25) is 0 Å². The maximum absolute atomic E-state index is 13.1. The fraction of sp³-hybridized carbons (Fsp3) is 0.600. The number of benzene rings is 1. The van der Waals surface area contributed by atoms with Gasteiger partial charge >= 0.3 is 0 Å². The minimum absolute atomic E-state index is 0.0791. The molecule has 1 aromatic carbocycles. The molecule has 0 amide bonds. The van der Waals surface area contributed by atoms with Crippen LogP contribution in [0.1, 0.15) is 87.1 Å². The van der Waals surface area contributed by atoms with Crippen molar-refractivity contribution >= 4 is 23.1 Å². The maximum atomic E-state index is 13.1. The molecule has 0 bridgehead atoms. The highest BCUT2D eigenvalue weighted by Crippen LogP contribution is 2.48. The summed E-state index contributed by atoms with van der Waals surface area (Å²) in [5.74, 6) is -0.0851. The van der Waals surface area contributed by atoms with E-state index in [1.54, 1.807) is 0 Å². The van der Waals surface area contributed by atoms with E-state index in [4.69, 9.17) is 16.4 Å². The molecule has 2 aliphatic carbocycles. The number of oxime groups is 1. The second-order valence-electron chi connectivity index (χ2n) is 9.51. The Morgan fingerprint density at radius 1 is 1.17 bits per heavy atom. The summed E-state index contributed by atoms with van der Waals surface area (Å²) >= 11 is 6.95. The molecule has 0 fully saturated rings. The van der Waals surface area contributed by atoms with E-state index in [9.17, 15) is 9.90 Å². The van der Waals surface area contributed by atoms with E-state index in [-0.39, 0.29) is 22.9 Å². The van der Waals surface area contributed by atoms with Gasteiger partial charge in [0.05, 0.1) is 11.3 Å². The van der Waals surface area contributed by atoms with Gasteiger partial charge in [-0.1, -0.05) is 43.9 Å². The van der Waals surface area contributed by atoms with Crippen LogP contribution in [0.4, 0.5) is 0 Å². The van der Waals surface area contributed by atoms with Gasteiger partial charge in [0.1, 0.15) is 12.4 Å². The van der Waals surface area contributed by atoms with Crippen molar-refractivity contribution < 1.29 is 14.7 Å². The van der Waals surface area contributed by atoms with Gasteiger partial charge in [0.25, 0.3) is 0 Å². The lowest BCUT2D eigenvalue weighted by atomic mass is 9.77. The average Bonchev–Trinajstić information content (AvgIpc) is 3.00. The van der Waals surface area contributed by atoms with Gasteiger partial charge in [-0.3, -0.25) is 4.79 Å². The Morgan fingerprint density at radius 2 is 1.83 bits per heavy atom. The first-order chi connectivity index (χ1) is 14.1. The summed E-state index contributed by atoms with van der Waals surface area (Å²) in [6.45, 7) is 13.1. The van der Waals surface area contributed by atoms with Crippen molar-refractivity contribution in [2.75, 3.05) is 6.61 Å². The van der Waals surface area contributed by atoms with Crippen LogP contribution >= 0.6 is 11.6 Å². The summed E-state index contributed by atoms with van der Waals surface area (Å²) in [5, 5.41) is 15.8. The van der Waals surface area contributed by atoms with Gasteiger partial charge < -0.3 is 9.94 Å². The maximum Gasteiger partial charge on any atom is 0.168 e. The van der Waals surface area contributed by atoms with Crippen LogP contribution in [0, 0.1) is 19.3 Å². The van der Waals surface area contributed by atoms with E-state index in [1.165, 1.54) is 16.7 Å². The van der Waals surface area contributed by atoms with Crippen molar-refractivity contribution in [3.8, 4) is 0 Å². The number of fused-ring (bicyclic) bond motifs is 1. The minimum Gasteiger partial charge on any atom is -0.511 e. The monoisotopic (exact) mass is 431 g/mol. The van der Waals surface area contributed by atoms with Crippen molar-refractivity contribution in [2.24, 2.45) is 10.6 Å². The average molecular weight is 432 g/mol. The first-order valence-corrected chi connectivity index (χ1v) is 11.4. The van der Waals surface area contributed by atoms with Gasteiger partial charge in [-0.15, -0.1) is 0 Å². The Labute approximate surface area is 185 Å². The predicted octanol–water partition coefficient (Wildman–Crippen LogP) is 6.53. The third-order valence-corrected chi connectivity index (χ3v) is 6.95. The van der Waals surface area contributed by atoms with E-state index >= 15 is 0 Å². The second-order valence-corrected chi connectivity index (χ2v) is 9.89. The van der Waals surface area contributed by atoms with Crippen LogP contribution in [-0.4, -0.2) is 23.2 Å². The number of carbonyl (C=O) groups is 1. The van der Waals surface area contributed by atoms with Gasteiger partial charge in [-0.05, 0) is 79.2 Å². The van der Waals surface area contributed by atoms with Crippen LogP contribution in [0.25, 0.3) is 0 Å². The number of halogens is 1. The molecule has 1 N–H and O–H groups in total. The van der Waals surface area contributed by atoms with Crippen molar-refractivity contribution in [1.29, 1.82) is 0 Å². The molecule has 30 heavy (non-hydrogen) atoms. The van der Waals surface area contributed by atoms with E-state index in [0.717, 1.165) is 35.4 Å². The van der Waals surface area contributed by atoms with Crippen LogP contribution in [0.15, 0.2) is 16.5 Å². The number of carbonyl (C=O) groups excluding carboxylic acids is 1. The molecular weight excluding hydrogens is 398 g/mol. The fourth-order valence-electron chi connectivity index (χ4n) is 5.06. The van der Waals surface area contributed by atoms with Crippen molar-refractivity contribution in [3.05, 3.63) is 44.2 Å². The van der Waals surface area contributed by atoms with Gasteiger partial charge in [-0.25, -0.2) is 0 Å². The number of aliphatic hydroxyl groups is 1. The third kappa shape index (κ3) is 4.16. The van der Waals surface area contributed by atoms with Gasteiger partial charge in [0, 0.05) is 17.9 Å². The summed E-state index contributed by atoms with van der Waals surface area (Å²) in [4.78, 5) is 18.3. The summed E-state index contributed by atoms with van der Waals surface area (Å²) in [7, 11) is 0. The zero-order valence-corrected chi connectivity index (χ0v) is 19.9. The molecule has 0 saturated carbocycles. The largest absolute Gasteiger partial charge is 0.511 e. The Kier molecular flexibility index (Phi) is 6.66. The lowest BCUT2D eigenvalue weighted by Crippen LogP contribution is -2.25. The van der Waals surface area contributed by atoms with Crippen LogP contribution in [0.3, 0.4) is 0 Å². The topological polar surface area (TPSA) is 58.9 Å². The number of ketones is 1. The molecule has 3 rings (SSSR count). The zero-order valence-electron chi connectivity index (χ0n) is 19.1. The highest BCUT2D eigenvalue weighted by atomic mass is 35.5. The molecule has 1 aromatic rings. The highest BCUT2D eigenvalue weighted by molar-refractivity contribution is 6.32. The van der Waals surface area contributed by atoms with Crippen molar-refractivity contribution in [2.45, 2.75) is 86.0 Å². The number of rotatable bonds is 6. The molecule has 5 heteroatoms. The SMILES string of the molecule is CCC/C(=N\OCC)C1=C(O)CC(c2c(C)c(C)c3c(c2Cl)CC(C)(C)C3)CC1=O. The smallest absolute Gasteiger partial charge is 0.168 e. The van der Waals surface area contributed by atoms with Crippen LogP contribution < -0.4 is 0 Å². The Morgan fingerprint density at radius 3 is 2.43 bits per heavy atom. The zero-order chi connectivity index (χ0) is 22.2. The predicted molar refractivity (Wildman–Crippen MR) is 123 cm³/mol. The third-order valence-electron chi connectivity index (χ3n) is 6.52. The quantitative estimate of drug-likeness (QED) is 0.411. The number of aliphatic hydroxyl groups excluding tert-OH is 1. The molecule has 1 unspecified atom stereocenters. The van der Waals surface area contributed by atoms with Crippen LogP contribution in [-0.2, 0) is 22.5 Å². The van der Waals surface area contributed by atoms with Crippen molar-refractivity contribution in [3.63, 3.8) is 0 Å². The molecular formula is C25H34ClNO3. The Balaban J connectivity index is 2.02. The first-order valence-electron chi connectivity index (χ1n) is 11.1. The number of nitrogens with zero attached hydrogens (tertiary/aromatic N) is 1. The Hall–Kier alpha value is -1.81. The van der Waals surface area contributed by atoms with Gasteiger partial charge in [0.15, 0.2) is 5.78 Å². The minimum atomic E-state index is -0.114. The normalized spacial score (nSPS) is 21.2. The summed E-state index contributed by atoms with van der Waals surface area (Å²) < 4.78 is 0. The molecule has 0 heterocycles. The number of Topliss-reactive ketones (excluding diaryl/α,β-unsaturated/α-hetero) is 1. The second kappa shape index (κ2) is 8.74.